The van der Waals surface area contributed by atoms with Gasteiger partial charge >= 0.3 is 0 Å². The zero-order valence-electron chi connectivity index (χ0n) is 11.9. The molecule has 0 saturated heterocycles. The van der Waals surface area contributed by atoms with Crippen molar-refractivity contribution in [2.75, 3.05) is 12.8 Å². The highest BCUT2D eigenvalue weighted by Gasteiger charge is 2.24. The molecule has 0 aromatic rings. The molecule has 0 spiro atoms. The van der Waals surface area contributed by atoms with E-state index in [4.69, 9.17) is 9.79 Å². The van der Waals surface area contributed by atoms with Crippen LogP contribution in [0.4, 0.5) is 0 Å². The second-order valence-electron chi connectivity index (χ2n) is 4.74. The van der Waals surface area contributed by atoms with E-state index in [1.165, 1.54) is 12.8 Å². The SMILES string of the molecule is CCCCP(OCCC#N)N(C(C)C)C(C)C. The fourth-order valence-electron chi connectivity index (χ4n) is 1.85. The zero-order chi connectivity index (χ0) is 13.3. The van der Waals surface area contributed by atoms with Crippen LogP contribution in [0, 0.1) is 11.3 Å². The van der Waals surface area contributed by atoms with Crippen LogP contribution in [0.25, 0.3) is 0 Å². The van der Waals surface area contributed by atoms with Gasteiger partial charge in [0.25, 0.3) is 0 Å². The summed E-state index contributed by atoms with van der Waals surface area (Å²) in [4.78, 5) is 0. The van der Waals surface area contributed by atoms with Crippen molar-refractivity contribution >= 4 is 8.30 Å². The van der Waals surface area contributed by atoms with Crippen molar-refractivity contribution in [2.45, 2.75) is 66.0 Å². The zero-order valence-corrected chi connectivity index (χ0v) is 12.8. The predicted molar refractivity (Wildman–Crippen MR) is 75.0 cm³/mol. The lowest BCUT2D eigenvalue weighted by atomic mass is 10.3. The molecule has 0 aliphatic heterocycles. The fourth-order valence-corrected chi connectivity index (χ4v) is 4.26. The topological polar surface area (TPSA) is 36.3 Å². The van der Waals surface area contributed by atoms with Crippen molar-refractivity contribution in [3.8, 4) is 6.07 Å². The van der Waals surface area contributed by atoms with Crippen LogP contribution in [0.15, 0.2) is 0 Å². The van der Waals surface area contributed by atoms with Gasteiger partial charge in [-0.2, -0.15) is 5.26 Å². The van der Waals surface area contributed by atoms with Crippen molar-refractivity contribution in [2.24, 2.45) is 0 Å². The van der Waals surface area contributed by atoms with Gasteiger partial charge in [-0.25, -0.2) is 0 Å². The number of rotatable bonds is 9. The Morgan fingerprint density at radius 1 is 1.24 bits per heavy atom. The summed E-state index contributed by atoms with van der Waals surface area (Å²) < 4.78 is 8.40. The van der Waals surface area contributed by atoms with Crippen LogP contribution in [-0.2, 0) is 4.52 Å². The third-order valence-electron chi connectivity index (χ3n) is 2.47. The Hall–Kier alpha value is -0.160. The van der Waals surface area contributed by atoms with E-state index in [0.29, 0.717) is 25.1 Å². The molecule has 0 heterocycles. The van der Waals surface area contributed by atoms with Gasteiger partial charge in [0.05, 0.1) is 19.1 Å². The van der Waals surface area contributed by atoms with Gasteiger partial charge in [0, 0.05) is 18.2 Å². The van der Waals surface area contributed by atoms with Crippen molar-refractivity contribution in [1.29, 1.82) is 5.26 Å². The van der Waals surface area contributed by atoms with Crippen LogP contribution in [-0.4, -0.2) is 29.5 Å². The normalized spacial score (nSPS) is 13.4. The van der Waals surface area contributed by atoms with Gasteiger partial charge in [-0.15, -0.1) is 0 Å². The Labute approximate surface area is 108 Å². The van der Waals surface area contributed by atoms with Crippen molar-refractivity contribution in [3.63, 3.8) is 0 Å². The molecule has 0 N–H and O–H groups in total. The molecule has 4 heteroatoms. The van der Waals surface area contributed by atoms with Gasteiger partial charge < -0.3 is 4.52 Å². The van der Waals surface area contributed by atoms with Crippen LogP contribution in [0.1, 0.15) is 53.9 Å². The Morgan fingerprint density at radius 2 is 1.82 bits per heavy atom. The van der Waals surface area contributed by atoms with E-state index in [1.54, 1.807) is 0 Å². The average molecular weight is 258 g/mol. The summed E-state index contributed by atoms with van der Waals surface area (Å²) in [5.74, 6) is 0. The highest BCUT2D eigenvalue weighted by atomic mass is 31.2. The average Bonchev–Trinajstić information content (AvgIpc) is 2.24. The van der Waals surface area contributed by atoms with Gasteiger partial charge in [-0.05, 0) is 34.1 Å². The molecular weight excluding hydrogens is 231 g/mol. The molecule has 0 aliphatic rings. The van der Waals surface area contributed by atoms with Crippen molar-refractivity contribution in [3.05, 3.63) is 0 Å². The summed E-state index contributed by atoms with van der Waals surface area (Å²) in [6, 6.07) is 3.14. The first-order valence-electron chi connectivity index (χ1n) is 6.60. The van der Waals surface area contributed by atoms with Crippen LogP contribution in [0.2, 0.25) is 0 Å². The summed E-state index contributed by atoms with van der Waals surface area (Å²) in [5, 5.41) is 8.58. The molecule has 100 valence electrons. The molecule has 0 aromatic carbocycles. The van der Waals surface area contributed by atoms with Crippen LogP contribution in [0.5, 0.6) is 0 Å². The molecule has 0 bridgehead atoms. The Bertz CT molecular complexity index is 218. The maximum atomic E-state index is 8.58. The highest BCUT2D eigenvalue weighted by Crippen LogP contribution is 2.45. The first-order valence-corrected chi connectivity index (χ1v) is 8.00. The monoisotopic (exact) mass is 258 g/mol. The van der Waals surface area contributed by atoms with Gasteiger partial charge in [-0.3, -0.25) is 4.67 Å². The second-order valence-corrected chi connectivity index (χ2v) is 6.61. The maximum absolute atomic E-state index is 8.58. The van der Waals surface area contributed by atoms with Crippen LogP contribution < -0.4 is 0 Å². The largest absolute Gasteiger partial charge is 0.342 e. The number of hydrogen-bond acceptors (Lipinski definition) is 3. The highest BCUT2D eigenvalue weighted by molar-refractivity contribution is 7.50. The summed E-state index contributed by atoms with van der Waals surface area (Å²) in [6.07, 6.45) is 4.02. The molecule has 1 unspecified atom stereocenters. The summed E-state index contributed by atoms with van der Waals surface area (Å²) in [6.45, 7) is 11.6. The molecule has 0 radical (unpaired) electrons. The van der Waals surface area contributed by atoms with Gasteiger partial charge in [0.15, 0.2) is 0 Å². The summed E-state index contributed by atoms with van der Waals surface area (Å²) >= 11 is 0. The number of nitrogens with zero attached hydrogens (tertiary/aromatic N) is 2. The Morgan fingerprint density at radius 3 is 2.24 bits per heavy atom. The molecule has 17 heavy (non-hydrogen) atoms. The molecule has 1 atom stereocenters. The first-order chi connectivity index (χ1) is 8.04. The molecule has 0 aliphatic carbocycles. The van der Waals surface area contributed by atoms with Gasteiger partial charge in [0.2, 0.25) is 0 Å². The van der Waals surface area contributed by atoms with Gasteiger partial charge in [0.1, 0.15) is 8.30 Å². The molecule has 0 rings (SSSR count). The van der Waals surface area contributed by atoms with Crippen molar-refractivity contribution in [1.82, 2.24) is 4.67 Å². The number of unbranched alkanes of at least 4 members (excludes halogenated alkanes) is 1. The third-order valence-corrected chi connectivity index (χ3v) is 5.09. The lowest BCUT2D eigenvalue weighted by Crippen LogP contribution is -2.33. The number of hydrogen-bond donors (Lipinski definition) is 0. The summed E-state index contributed by atoms with van der Waals surface area (Å²) in [7, 11) is -0.538. The van der Waals surface area contributed by atoms with E-state index in [9.17, 15) is 0 Å². The Balaban J connectivity index is 4.44. The van der Waals surface area contributed by atoms with Crippen LogP contribution in [0.3, 0.4) is 0 Å². The van der Waals surface area contributed by atoms with Crippen molar-refractivity contribution < 1.29 is 4.52 Å². The second kappa shape index (κ2) is 9.83. The van der Waals surface area contributed by atoms with E-state index in [2.05, 4.69) is 45.4 Å². The third kappa shape index (κ3) is 6.99. The Kier molecular flexibility index (Phi) is 9.74. The van der Waals surface area contributed by atoms with E-state index >= 15 is 0 Å². The molecular formula is C13H27N2OP. The molecule has 0 saturated carbocycles. The molecule has 0 aromatic heterocycles. The van der Waals surface area contributed by atoms with E-state index < -0.39 is 8.30 Å². The lowest BCUT2D eigenvalue weighted by molar-refractivity contribution is 0.256. The predicted octanol–water partition coefficient (Wildman–Crippen LogP) is 4.15. The fraction of sp³-hybridized carbons (Fsp3) is 0.923. The minimum Gasteiger partial charge on any atom is -0.342 e. The molecule has 0 fully saturated rings. The lowest BCUT2D eigenvalue weighted by Gasteiger charge is -2.37. The maximum Gasteiger partial charge on any atom is 0.104 e. The smallest absolute Gasteiger partial charge is 0.104 e. The van der Waals surface area contributed by atoms with Crippen LogP contribution >= 0.6 is 8.30 Å². The standard InChI is InChI=1S/C13H27N2OP/c1-6-7-11-17(16-10-8-9-14)15(12(2)3)13(4)5/h12-13H,6-8,10-11H2,1-5H3. The first kappa shape index (κ1) is 16.8. The quantitative estimate of drug-likeness (QED) is 0.460. The van der Waals surface area contributed by atoms with E-state index in [1.807, 2.05) is 0 Å². The van der Waals surface area contributed by atoms with E-state index in [-0.39, 0.29) is 0 Å². The molecule has 3 nitrogen and oxygen atoms in total. The molecule has 0 amide bonds. The number of nitriles is 1. The summed E-state index contributed by atoms with van der Waals surface area (Å²) in [5.41, 5.74) is 0. The minimum atomic E-state index is -0.538. The van der Waals surface area contributed by atoms with Gasteiger partial charge in [-0.1, -0.05) is 13.3 Å². The minimum absolute atomic E-state index is 0.495. The van der Waals surface area contributed by atoms with E-state index in [0.717, 1.165) is 6.16 Å².